The molecule has 1 N–H and O–H groups in total. The second-order valence-corrected chi connectivity index (χ2v) is 7.73. The van der Waals surface area contributed by atoms with Crippen LogP contribution in [0.3, 0.4) is 0 Å². The van der Waals surface area contributed by atoms with Gasteiger partial charge in [0, 0.05) is 29.4 Å². The smallest absolute Gasteiger partial charge is 0.261 e. The van der Waals surface area contributed by atoms with E-state index in [0.717, 1.165) is 11.1 Å². The number of aromatic nitrogens is 5. The Morgan fingerprint density at radius 1 is 1.20 bits per heavy atom. The number of aryl methyl sites for hydroxylation is 1. The Labute approximate surface area is 176 Å². The van der Waals surface area contributed by atoms with Gasteiger partial charge in [-0.2, -0.15) is 5.10 Å². The molecule has 1 aliphatic heterocycles. The Hall–Kier alpha value is -3.07. The van der Waals surface area contributed by atoms with Crippen molar-refractivity contribution in [3.05, 3.63) is 64.4 Å². The molecule has 0 unspecified atom stereocenters. The first-order valence-electron chi connectivity index (χ1n) is 9.44. The second kappa shape index (κ2) is 7.32. The molecule has 5 rings (SSSR count). The van der Waals surface area contributed by atoms with Gasteiger partial charge in [-0.3, -0.25) is 14.0 Å². The highest BCUT2D eigenvalue weighted by Gasteiger charge is 2.29. The number of aliphatic hydroxyl groups excluding tert-OH is 1. The van der Waals surface area contributed by atoms with Gasteiger partial charge in [-0.25, -0.2) is 9.97 Å². The largest absolute Gasteiger partial charge is 0.388 e. The number of aliphatic hydroxyl groups is 1. The number of benzene rings is 1. The fourth-order valence-corrected chi connectivity index (χ4v) is 3.82. The Balaban J connectivity index is 1.78. The third-order valence-electron chi connectivity index (χ3n) is 5.27. The van der Waals surface area contributed by atoms with E-state index < -0.39 is 12.1 Å². The molecule has 1 aromatic carbocycles. The van der Waals surface area contributed by atoms with Crippen molar-refractivity contribution in [2.75, 3.05) is 13.2 Å². The third-order valence-corrected chi connectivity index (χ3v) is 5.52. The molecule has 4 heterocycles. The van der Waals surface area contributed by atoms with E-state index >= 15 is 0 Å². The summed E-state index contributed by atoms with van der Waals surface area (Å²) in [6.07, 6.45) is 4.22. The summed E-state index contributed by atoms with van der Waals surface area (Å²) in [7, 11) is 1.82. The highest BCUT2D eigenvalue weighted by molar-refractivity contribution is 6.30. The molecule has 152 valence electrons. The van der Waals surface area contributed by atoms with E-state index in [4.69, 9.17) is 21.3 Å². The van der Waals surface area contributed by atoms with E-state index in [0.29, 0.717) is 27.3 Å². The summed E-state index contributed by atoms with van der Waals surface area (Å²) in [5, 5.41) is 15.4. The van der Waals surface area contributed by atoms with Crippen molar-refractivity contribution in [1.29, 1.82) is 0 Å². The quantitative estimate of drug-likeness (QED) is 0.544. The first kappa shape index (κ1) is 18.9. The van der Waals surface area contributed by atoms with Crippen LogP contribution < -0.4 is 5.56 Å². The van der Waals surface area contributed by atoms with Crippen molar-refractivity contribution < 1.29 is 9.84 Å². The Morgan fingerprint density at radius 3 is 2.67 bits per heavy atom. The number of hydrogen-bond acceptors (Lipinski definition) is 6. The normalized spacial score (nSPS) is 18.9. The van der Waals surface area contributed by atoms with E-state index in [-0.39, 0.29) is 18.8 Å². The first-order chi connectivity index (χ1) is 14.5. The number of rotatable bonds is 3. The lowest BCUT2D eigenvalue weighted by Crippen LogP contribution is -2.32. The van der Waals surface area contributed by atoms with Gasteiger partial charge in [0.15, 0.2) is 0 Å². The van der Waals surface area contributed by atoms with Gasteiger partial charge in [-0.05, 0) is 18.2 Å². The van der Waals surface area contributed by atoms with Gasteiger partial charge in [-0.15, -0.1) is 0 Å². The minimum absolute atomic E-state index is 0.197. The zero-order chi connectivity index (χ0) is 20.8. The van der Waals surface area contributed by atoms with Crippen LogP contribution in [0.25, 0.3) is 33.4 Å². The molecule has 4 aromatic rings. The number of halogens is 1. The molecule has 30 heavy (non-hydrogen) atoms. The molecule has 0 spiro atoms. The zero-order valence-corrected chi connectivity index (χ0v) is 16.8. The molecule has 9 heteroatoms. The van der Waals surface area contributed by atoms with E-state index in [1.54, 1.807) is 29.1 Å². The Kier molecular flexibility index (Phi) is 4.62. The van der Waals surface area contributed by atoms with Crippen LogP contribution in [0, 0.1) is 0 Å². The number of fused-ring (bicyclic) bond motifs is 1. The lowest BCUT2D eigenvalue weighted by Gasteiger charge is -2.16. The predicted molar refractivity (Wildman–Crippen MR) is 112 cm³/mol. The summed E-state index contributed by atoms with van der Waals surface area (Å²) in [6.45, 7) is 0.460. The van der Waals surface area contributed by atoms with Crippen molar-refractivity contribution in [1.82, 2.24) is 24.3 Å². The molecule has 0 radical (unpaired) electrons. The maximum absolute atomic E-state index is 13.4. The maximum atomic E-state index is 13.4. The molecule has 1 aliphatic rings. The SMILES string of the molecule is Cn1cc(-c2nc(-c3ccc(Cl)cc3)cc3c(=O)n([C@@H]4COC[C@@H]4O)cnc23)cn1. The van der Waals surface area contributed by atoms with E-state index in [1.165, 1.54) is 10.9 Å². The molecule has 0 bridgehead atoms. The number of nitrogens with zero attached hydrogens (tertiary/aromatic N) is 5. The molecule has 0 amide bonds. The lowest BCUT2D eigenvalue weighted by atomic mass is 10.1. The van der Waals surface area contributed by atoms with Crippen molar-refractivity contribution in [3.8, 4) is 22.5 Å². The summed E-state index contributed by atoms with van der Waals surface area (Å²) < 4.78 is 8.43. The fraction of sp³-hybridized carbons (Fsp3) is 0.238. The average Bonchev–Trinajstić information content (AvgIpc) is 3.36. The van der Waals surface area contributed by atoms with E-state index in [1.807, 2.05) is 25.4 Å². The van der Waals surface area contributed by atoms with Crippen LogP contribution >= 0.6 is 11.6 Å². The molecule has 1 saturated heterocycles. The molecule has 2 atom stereocenters. The Morgan fingerprint density at radius 2 is 2.00 bits per heavy atom. The fourth-order valence-electron chi connectivity index (χ4n) is 3.69. The van der Waals surface area contributed by atoms with Crippen LogP contribution in [-0.4, -0.2) is 48.7 Å². The van der Waals surface area contributed by atoms with E-state index in [9.17, 15) is 9.90 Å². The molecular formula is C21H18ClN5O3. The van der Waals surface area contributed by atoms with Crippen LogP contribution in [0.5, 0.6) is 0 Å². The standard InChI is InChI=1S/C21H18ClN5O3/c1-26-8-13(7-24-26)19-20-15(6-16(25-19)12-2-4-14(22)5-3-12)21(29)27(11-23-20)17-9-30-10-18(17)28/h2-8,11,17-18,28H,9-10H2,1H3/t17-,18+/m1/s1. The zero-order valence-electron chi connectivity index (χ0n) is 16.1. The molecule has 3 aromatic heterocycles. The van der Waals surface area contributed by atoms with Gasteiger partial charge in [0.25, 0.3) is 5.56 Å². The van der Waals surface area contributed by atoms with Gasteiger partial charge in [0.05, 0.1) is 42.9 Å². The molecule has 0 saturated carbocycles. The molecule has 1 fully saturated rings. The van der Waals surface area contributed by atoms with Crippen molar-refractivity contribution in [2.24, 2.45) is 7.05 Å². The van der Waals surface area contributed by atoms with Crippen LogP contribution in [0.1, 0.15) is 6.04 Å². The number of ether oxygens (including phenoxy) is 1. The maximum Gasteiger partial charge on any atom is 0.261 e. The minimum Gasteiger partial charge on any atom is -0.388 e. The summed E-state index contributed by atoms with van der Waals surface area (Å²) in [6, 6.07) is 8.52. The molecule has 0 aliphatic carbocycles. The lowest BCUT2D eigenvalue weighted by molar-refractivity contribution is 0.119. The van der Waals surface area contributed by atoms with Crippen LogP contribution in [0.2, 0.25) is 5.02 Å². The van der Waals surface area contributed by atoms with Crippen molar-refractivity contribution in [3.63, 3.8) is 0 Å². The van der Waals surface area contributed by atoms with Crippen molar-refractivity contribution in [2.45, 2.75) is 12.1 Å². The first-order valence-corrected chi connectivity index (χ1v) is 9.82. The topological polar surface area (TPSA) is 95.1 Å². The van der Waals surface area contributed by atoms with Gasteiger partial charge < -0.3 is 9.84 Å². The average molecular weight is 424 g/mol. The monoisotopic (exact) mass is 423 g/mol. The second-order valence-electron chi connectivity index (χ2n) is 7.29. The number of pyridine rings is 1. The minimum atomic E-state index is -0.752. The summed E-state index contributed by atoms with van der Waals surface area (Å²) >= 11 is 6.03. The summed E-state index contributed by atoms with van der Waals surface area (Å²) in [5.41, 5.74) is 3.00. The third kappa shape index (κ3) is 3.19. The molecule has 8 nitrogen and oxygen atoms in total. The summed E-state index contributed by atoms with van der Waals surface area (Å²) in [5.74, 6) is 0. The highest BCUT2D eigenvalue weighted by atomic mass is 35.5. The predicted octanol–water partition coefficient (Wildman–Crippen LogP) is 2.44. The van der Waals surface area contributed by atoms with Crippen LogP contribution in [0.4, 0.5) is 0 Å². The van der Waals surface area contributed by atoms with Gasteiger partial charge in [0.2, 0.25) is 0 Å². The molecular weight excluding hydrogens is 406 g/mol. The Bertz CT molecular complexity index is 1300. The van der Waals surface area contributed by atoms with Gasteiger partial charge >= 0.3 is 0 Å². The summed E-state index contributed by atoms with van der Waals surface area (Å²) in [4.78, 5) is 22.7. The number of hydrogen-bond donors (Lipinski definition) is 1. The van der Waals surface area contributed by atoms with E-state index in [2.05, 4.69) is 10.1 Å². The van der Waals surface area contributed by atoms with Gasteiger partial charge in [0.1, 0.15) is 17.3 Å². The van der Waals surface area contributed by atoms with Crippen LogP contribution in [-0.2, 0) is 11.8 Å². The van der Waals surface area contributed by atoms with Gasteiger partial charge in [-0.1, -0.05) is 23.7 Å². The highest BCUT2D eigenvalue weighted by Crippen LogP contribution is 2.29. The van der Waals surface area contributed by atoms with Crippen LogP contribution in [0.15, 0.2) is 53.8 Å². The van der Waals surface area contributed by atoms with Crippen molar-refractivity contribution >= 4 is 22.5 Å².